The van der Waals surface area contributed by atoms with Gasteiger partial charge in [-0.25, -0.2) is 4.98 Å². The number of aromatic nitrogens is 2. The Morgan fingerprint density at radius 2 is 1.94 bits per heavy atom. The first-order valence-electron chi connectivity index (χ1n) is 10.6. The van der Waals surface area contributed by atoms with Crippen LogP contribution in [0.25, 0.3) is 22.3 Å². The van der Waals surface area contributed by atoms with Crippen LogP contribution in [0.5, 0.6) is 5.75 Å². The predicted octanol–water partition coefficient (Wildman–Crippen LogP) is 2.99. The second-order valence-electron chi connectivity index (χ2n) is 8.29. The fraction of sp³-hybridized carbons (Fsp3) is 0.400. The van der Waals surface area contributed by atoms with Gasteiger partial charge < -0.3 is 24.4 Å². The summed E-state index contributed by atoms with van der Waals surface area (Å²) < 4.78 is 6.97. The molecule has 0 aliphatic carbocycles. The van der Waals surface area contributed by atoms with Crippen molar-refractivity contribution in [3.05, 3.63) is 56.9 Å². The summed E-state index contributed by atoms with van der Waals surface area (Å²) in [4.78, 5) is 32.3. The number of benzene rings is 1. The van der Waals surface area contributed by atoms with E-state index in [4.69, 9.17) is 14.8 Å². The van der Waals surface area contributed by atoms with Crippen LogP contribution in [-0.2, 0) is 29.2 Å². The summed E-state index contributed by atoms with van der Waals surface area (Å²) in [5.41, 5.74) is 5.24. The highest BCUT2D eigenvalue weighted by atomic mass is 16.5. The summed E-state index contributed by atoms with van der Waals surface area (Å²) in [6.07, 6.45) is 0.583. The van der Waals surface area contributed by atoms with E-state index in [1.165, 1.54) is 0 Å². The van der Waals surface area contributed by atoms with E-state index in [0.717, 1.165) is 46.1 Å². The Labute approximate surface area is 193 Å². The Bertz CT molecular complexity index is 1280. The number of phenols is 1. The number of pyridine rings is 2. The topological polar surface area (TPSA) is 105 Å². The van der Waals surface area contributed by atoms with Crippen molar-refractivity contribution in [1.82, 2.24) is 14.5 Å². The van der Waals surface area contributed by atoms with E-state index in [9.17, 15) is 14.7 Å². The van der Waals surface area contributed by atoms with Gasteiger partial charge in [-0.05, 0) is 50.3 Å². The molecule has 1 unspecified atom stereocenters. The van der Waals surface area contributed by atoms with E-state index in [2.05, 4.69) is 0 Å². The minimum absolute atomic E-state index is 0. The van der Waals surface area contributed by atoms with Crippen LogP contribution in [0.2, 0.25) is 0 Å². The van der Waals surface area contributed by atoms with Crippen LogP contribution >= 0.6 is 0 Å². The van der Waals surface area contributed by atoms with E-state index < -0.39 is 5.92 Å². The lowest BCUT2D eigenvalue weighted by molar-refractivity contribution is -0.148. The smallest absolute Gasteiger partial charge is 0.313 e. The summed E-state index contributed by atoms with van der Waals surface area (Å²) in [5, 5.41) is 18.3. The molecule has 0 radical (unpaired) electrons. The zero-order chi connectivity index (χ0) is 23.2. The van der Waals surface area contributed by atoms with E-state index in [1.807, 2.05) is 38.1 Å². The van der Waals surface area contributed by atoms with Gasteiger partial charge in [0.2, 0.25) is 0 Å². The molecule has 4 heterocycles. The Kier molecular flexibility index (Phi) is 6.90. The van der Waals surface area contributed by atoms with Crippen molar-refractivity contribution in [2.24, 2.45) is 0 Å². The molecule has 0 amide bonds. The van der Waals surface area contributed by atoms with Crippen molar-refractivity contribution in [2.45, 2.75) is 46.4 Å². The number of hydrogen-bond donors (Lipinski definition) is 2. The number of phenolic OH excluding ortho intramolecular Hbond substituents is 1. The molecule has 2 aliphatic rings. The van der Waals surface area contributed by atoms with Gasteiger partial charge in [0.05, 0.1) is 34.9 Å². The standard InChI is InChI=1S/C23H23N3O4.CH4O.CH4/c1-4-13-14-8-19-21-12(9-26(19)22(28)17(14)11-30-23(13)29)7-15-16(10-25(2)3)20(27)6-5-18(15)24-21;1-2;/h5-8,13,27H,4,9-11H2,1-3H3;2H,1H3;1H4. The third-order valence-electron chi connectivity index (χ3n) is 6.07. The van der Waals surface area contributed by atoms with Crippen LogP contribution in [0.1, 0.15) is 48.9 Å². The van der Waals surface area contributed by atoms with E-state index >= 15 is 0 Å². The van der Waals surface area contributed by atoms with Crippen LogP contribution in [0.4, 0.5) is 0 Å². The highest BCUT2D eigenvalue weighted by molar-refractivity contribution is 5.89. The van der Waals surface area contributed by atoms with Gasteiger partial charge in [0.15, 0.2) is 0 Å². The molecule has 2 aromatic heterocycles. The van der Waals surface area contributed by atoms with Crippen molar-refractivity contribution >= 4 is 16.9 Å². The second-order valence-corrected chi connectivity index (χ2v) is 8.29. The van der Waals surface area contributed by atoms with Gasteiger partial charge in [0, 0.05) is 30.2 Å². The first-order chi connectivity index (χ1) is 15.4. The number of rotatable bonds is 3. The maximum Gasteiger partial charge on any atom is 0.313 e. The maximum absolute atomic E-state index is 13.2. The number of carbonyl (C=O) groups is 1. The number of nitrogens with zero attached hydrogens (tertiary/aromatic N) is 3. The zero-order valence-corrected chi connectivity index (χ0v) is 18.7. The van der Waals surface area contributed by atoms with Crippen molar-refractivity contribution in [3.63, 3.8) is 0 Å². The van der Waals surface area contributed by atoms with Crippen LogP contribution < -0.4 is 5.56 Å². The second kappa shape index (κ2) is 9.33. The molecule has 3 aromatic rings. The number of cyclic esters (lactones) is 1. The molecular formula is C25H31N3O5. The number of aliphatic hydroxyl groups is 1. The highest BCUT2D eigenvalue weighted by Crippen LogP contribution is 2.38. The number of carbonyl (C=O) groups excluding carboxylic acids is 1. The van der Waals surface area contributed by atoms with E-state index in [1.54, 1.807) is 16.7 Å². The molecule has 0 fully saturated rings. The number of esters is 1. The van der Waals surface area contributed by atoms with Crippen LogP contribution in [0.3, 0.4) is 0 Å². The number of hydrogen-bond acceptors (Lipinski definition) is 7. The van der Waals surface area contributed by atoms with Crippen LogP contribution in [0.15, 0.2) is 29.1 Å². The lowest BCUT2D eigenvalue weighted by Crippen LogP contribution is -2.32. The quantitative estimate of drug-likeness (QED) is 0.460. The Morgan fingerprint density at radius 1 is 1.21 bits per heavy atom. The third-order valence-corrected chi connectivity index (χ3v) is 6.07. The molecule has 0 spiro atoms. The molecule has 8 heteroatoms. The number of fused-ring (bicyclic) bond motifs is 5. The molecule has 2 aliphatic heterocycles. The highest BCUT2D eigenvalue weighted by Gasteiger charge is 2.34. The average Bonchev–Trinajstić information content (AvgIpc) is 3.14. The van der Waals surface area contributed by atoms with Gasteiger partial charge >= 0.3 is 5.97 Å². The fourth-order valence-corrected chi connectivity index (χ4v) is 4.60. The molecule has 33 heavy (non-hydrogen) atoms. The summed E-state index contributed by atoms with van der Waals surface area (Å²) in [7, 11) is 4.90. The fourth-order valence-electron chi connectivity index (χ4n) is 4.60. The normalized spacial score (nSPS) is 15.7. The zero-order valence-electron chi connectivity index (χ0n) is 18.7. The molecule has 1 atom stereocenters. The molecule has 8 nitrogen and oxygen atoms in total. The van der Waals surface area contributed by atoms with Crippen molar-refractivity contribution in [2.75, 3.05) is 21.2 Å². The molecule has 1 aromatic carbocycles. The number of ether oxygens (including phenoxy) is 1. The Hall–Kier alpha value is -3.23. The minimum atomic E-state index is -0.416. The van der Waals surface area contributed by atoms with Gasteiger partial charge in [-0.2, -0.15) is 0 Å². The van der Waals surface area contributed by atoms with Crippen LogP contribution in [-0.4, -0.2) is 51.8 Å². The summed E-state index contributed by atoms with van der Waals surface area (Å²) in [5.74, 6) is -0.453. The van der Waals surface area contributed by atoms with Gasteiger partial charge in [-0.3, -0.25) is 9.59 Å². The largest absolute Gasteiger partial charge is 0.508 e. The van der Waals surface area contributed by atoms with E-state index in [-0.39, 0.29) is 31.3 Å². The molecule has 0 bridgehead atoms. The van der Waals surface area contributed by atoms with E-state index in [0.29, 0.717) is 25.1 Å². The number of aliphatic hydroxyl groups excluding tert-OH is 1. The summed E-state index contributed by atoms with van der Waals surface area (Å²) in [6.45, 7) is 2.95. The molecule has 5 rings (SSSR count). The first-order valence-corrected chi connectivity index (χ1v) is 10.6. The van der Waals surface area contributed by atoms with Crippen LogP contribution in [0, 0.1) is 0 Å². The third kappa shape index (κ3) is 3.89. The van der Waals surface area contributed by atoms with Gasteiger partial charge in [0.1, 0.15) is 12.4 Å². The monoisotopic (exact) mass is 453 g/mol. The first kappa shape index (κ1) is 24.4. The lowest BCUT2D eigenvalue weighted by Gasteiger charge is -2.24. The SMILES string of the molecule is C.CCC1C(=O)OCc2c1cc1n(c2=O)Cc2cc3c(CN(C)C)c(O)ccc3nc2-1.CO. The van der Waals surface area contributed by atoms with Gasteiger partial charge in [-0.15, -0.1) is 0 Å². The predicted molar refractivity (Wildman–Crippen MR) is 127 cm³/mol. The molecule has 0 saturated carbocycles. The average molecular weight is 454 g/mol. The minimum Gasteiger partial charge on any atom is -0.508 e. The maximum atomic E-state index is 13.2. The van der Waals surface area contributed by atoms with Crippen molar-refractivity contribution in [3.8, 4) is 17.1 Å². The Morgan fingerprint density at radius 3 is 2.61 bits per heavy atom. The molecule has 2 N–H and O–H groups in total. The number of aromatic hydroxyl groups is 1. The molecular weight excluding hydrogens is 422 g/mol. The Balaban J connectivity index is 0.000000994. The molecule has 0 saturated heterocycles. The van der Waals surface area contributed by atoms with Crippen molar-refractivity contribution < 1.29 is 19.7 Å². The van der Waals surface area contributed by atoms with Crippen molar-refractivity contribution in [1.29, 1.82) is 0 Å². The van der Waals surface area contributed by atoms with Gasteiger partial charge in [-0.1, -0.05) is 14.4 Å². The summed E-state index contributed by atoms with van der Waals surface area (Å²) in [6, 6.07) is 7.44. The molecule has 176 valence electrons. The summed E-state index contributed by atoms with van der Waals surface area (Å²) >= 11 is 0. The lowest BCUT2D eigenvalue weighted by atomic mass is 9.90. The van der Waals surface area contributed by atoms with Gasteiger partial charge in [0.25, 0.3) is 5.56 Å².